The highest BCUT2D eigenvalue weighted by atomic mass is 16.5. The van der Waals surface area contributed by atoms with Crippen LogP contribution in [0.25, 0.3) is 0 Å². The first-order valence-corrected chi connectivity index (χ1v) is 13.0. The molecular weight excluding hydrogens is 444 g/mol. The third-order valence-electron chi connectivity index (χ3n) is 6.50. The number of ether oxygens (including phenoxy) is 1. The molecule has 0 unspecified atom stereocenters. The summed E-state index contributed by atoms with van der Waals surface area (Å²) >= 11 is 0. The van der Waals surface area contributed by atoms with Crippen LogP contribution in [0, 0.1) is 11.8 Å². The Labute approximate surface area is 213 Å². The number of nitrogens with zero attached hydrogens (tertiary/aromatic N) is 1. The van der Waals surface area contributed by atoms with E-state index in [9.17, 15) is 14.7 Å². The minimum absolute atomic E-state index is 0. The van der Waals surface area contributed by atoms with Gasteiger partial charge in [0.1, 0.15) is 0 Å². The minimum Gasteiger partial charge on any atom is -0.465 e. The summed E-state index contributed by atoms with van der Waals surface area (Å²) in [6.07, 6.45) is 17.7. The Morgan fingerprint density at radius 2 is 1.77 bits per heavy atom. The molecular formula is C28H50N2O5. The van der Waals surface area contributed by atoms with E-state index in [0.717, 1.165) is 43.4 Å². The number of allylic oxidation sites excluding steroid dienone is 4. The van der Waals surface area contributed by atoms with Crippen molar-refractivity contribution in [2.75, 3.05) is 20.7 Å². The van der Waals surface area contributed by atoms with Gasteiger partial charge in [-0.25, -0.2) is 4.79 Å². The molecule has 7 nitrogen and oxygen atoms in total. The SMILES string of the molecule is CC/C=C\C(=O)NC1CCC(C/C=C(C)/C=C/[C@@H]2C[C@H](CO)CC(C)(C)O2)CC1.CN(C)C(=O)O.[HH]. The van der Waals surface area contributed by atoms with E-state index in [0.29, 0.717) is 17.9 Å². The zero-order valence-corrected chi connectivity index (χ0v) is 22.6. The molecule has 0 bridgehead atoms. The van der Waals surface area contributed by atoms with Gasteiger partial charge >= 0.3 is 6.09 Å². The maximum atomic E-state index is 11.8. The number of rotatable bonds is 8. The number of aliphatic hydroxyl groups is 1. The molecule has 2 amide bonds. The van der Waals surface area contributed by atoms with Crippen LogP contribution < -0.4 is 5.32 Å². The van der Waals surface area contributed by atoms with Crippen molar-refractivity contribution >= 4 is 12.0 Å². The lowest BCUT2D eigenvalue weighted by atomic mass is 9.83. The van der Waals surface area contributed by atoms with Crippen LogP contribution >= 0.6 is 0 Å². The molecule has 1 saturated carbocycles. The molecule has 7 heteroatoms. The Morgan fingerprint density at radius 1 is 1.14 bits per heavy atom. The fourth-order valence-corrected chi connectivity index (χ4v) is 4.57. The Kier molecular flexibility index (Phi) is 13.9. The van der Waals surface area contributed by atoms with Crippen molar-refractivity contribution in [3.8, 4) is 0 Å². The van der Waals surface area contributed by atoms with Crippen LogP contribution in [0.4, 0.5) is 4.79 Å². The van der Waals surface area contributed by atoms with Crippen LogP contribution in [0.1, 0.15) is 80.5 Å². The topological polar surface area (TPSA) is 99.1 Å². The quantitative estimate of drug-likeness (QED) is 0.303. The summed E-state index contributed by atoms with van der Waals surface area (Å²) in [5.41, 5.74) is 1.11. The van der Waals surface area contributed by atoms with Crippen molar-refractivity contribution in [3.63, 3.8) is 0 Å². The smallest absolute Gasteiger partial charge is 0.406 e. The molecule has 2 atom stereocenters. The summed E-state index contributed by atoms with van der Waals surface area (Å²) < 4.78 is 6.15. The molecule has 35 heavy (non-hydrogen) atoms. The number of aliphatic hydroxyl groups excluding tert-OH is 1. The molecule has 2 aliphatic rings. The van der Waals surface area contributed by atoms with Gasteiger partial charge in [-0.2, -0.15) is 0 Å². The standard InChI is InChI=1S/C25H41NO3.C3H7NO2.H2/c1-5-6-7-24(28)26-22-13-11-20(12-14-22)10-8-19(2)9-15-23-16-21(18-27)17-25(3,4)29-23;1-4(2)3(5)6;/h6-9,15,20-23,27H,5,10-14,16-18H2,1-4H3,(H,26,28);1-2H3,(H,5,6);1H/b7-6-,15-9+,19-8+;;/t20?,21-,22?,23+;;/m0../s1. The van der Waals surface area contributed by atoms with Crippen LogP contribution in [0.2, 0.25) is 0 Å². The van der Waals surface area contributed by atoms with Crippen molar-refractivity contribution in [1.29, 1.82) is 0 Å². The van der Waals surface area contributed by atoms with E-state index in [2.05, 4.69) is 44.3 Å². The third kappa shape index (κ3) is 13.5. The largest absolute Gasteiger partial charge is 0.465 e. The number of hydrogen-bond acceptors (Lipinski definition) is 4. The maximum Gasteiger partial charge on any atom is 0.406 e. The highest BCUT2D eigenvalue weighted by molar-refractivity contribution is 5.87. The van der Waals surface area contributed by atoms with Gasteiger partial charge in [0.25, 0.3) is 0 Å². The van der Waals surface area contributed by atoms with Crippen LogP contribution in [0.15, 0.2) is 36.0 Å². The number of nitrogens with one attached hydrogen (secondary N) is 1. The summed E-state index contributed by atoms with van der Waals surface area (Å²) in [4.78, 5) is 22.5. The second-order valence-electron chi connectivity index (χ2n) is 10.7. The predicted molar refractivity (Wildman–Crippen MR) is 143 cm³/mol. The van der Waals surface area contributed by atoms with Gasteiger partial charge in [0, 0.05) is 28.2 Å². The van der Waals surface area contributed by atoms with Gasteiger partial charge in [0.2, 0.25) is 5.91 Å². The number of carbonyl (C=O) groups excluding carboxylic acids is 1. The molecule has 1 saturated heterocycles. The van der Waals surface area contributed by atoms with E-state index in [-0.39, 0.29) is 25.6 Å². The van der Waals surface area contributed by atoms with Crippen molar-refractivity contribution in [3.05, 3.63) is 36.0 Å². The van der Waals surface area contributed by atoms with Crippen molar-refractivity contribution in [2.45, 2.75) is 96.8 Å². The zero-order chi connectivity index (χ0) is 26.4. The molecule has 0 aromatic carbocycles. The second kappa shape index (κ2) is 15.8. The molecule has 0 radical (unpaired) electrons. The van der Waals surface area contributed by atoms with Crippen LogP contribution in [-0.4, -0.2) is 65.6 Å². The number of amides is 2. The highest BCUT2D eigenvalue weighted by Crippen LogP contribution is 2.33. The minimum atomic E-state index is -0.907. The van der Waals surface area contributed by atoms with E-state index in [1.807, 2.05) is 13.0 Å². The van der Waals surface area contributed by atoms with Crippen molar-refractivity contribution in [2.24, 2.45) is 11.8 Å². The van der Waals surface area contributed by atoms with Gasteiger partial charge in [0.15, 0.2) is 0 Å². The summed E-state index contributed by atoms with van der Waals surface area (Å²) in [6, 6.07) is 0.330. The van der Waals surface area contributed by atoms with Crippen molar-refractivity contribution in [1.82, 2.24) is 10.2 Å². The molecule has 1 aliphatic heterocycles. The maximum absolute atomic E-state index is 11.8. The molecule has 3 N–H and O–H groups in total. The summed E-state index contributed by atoms with van der Waals surface area (Å²) in [5, 5.41) is 20.6. The van der Waals surface area contributed by atoms with Crippen LogP contribution in [0.5, 0.6) is 0 Å². The Morgan fingerprint density at radius 3 is 2.31 bits per heavy atom. The van der Waals surface area contributed by atoms with Gasteiger partial charge in [-0.1, -0.05) is 36.8 Å². The molecule has 2 rings (SSSR count). The Balaban J connectivity index is 0.00000156. The van der Waals surface area contributed by atoms with E-state index in [4.69, 9.17) is 9.84 Å². The van der Waals surface area contributed by atoms with E-state index >= 15 is 0 Å². The Hall–Kier alpha value is -2.12. The van der Waals surface area contributed by atoms with E-state index < -0.39 is 6.09 Å². The summed E-state index contributed by atoms with van der Waals surface area (Å²) in [7, 11) is 2.95. The van der Waals surface area contributed by atoms with Gasteiger partial charge in [0.05, 0.1) is 11.7 Å². The lowest BCUT2D eigenvalue weighted by Gasteiger charge is -2.39. The number of carboxylic acid groups (broad SMARTS) is 1. The number of carbonyl (C=O) groups is 2. The molecule has 202 valence electrons. The summed E-state index contributed by atoms with van der Waals surface area (Å²) in [6.45, 7) is 8.65. The van der Waals surface area contributed by atoms with Gasteiger partial charge < -0.3 is 25.2 Å². The molecule has 1 aliphatic carbocycles. The first-order chi connectivity index (χ1) is 16.5. The monoisotopic (exact) mass is 494 g/mol. The van der Waals surface area contributed by atoms with E-state index in [1.54, 1.807) is 6.08 Å². The molecule has 0 spiro atoms. The first-order valence-electron chi connectivity index (χ1n) is 13.0. The average Bonchev–Trinajstić information content (AvgIpc) is 2.80. The fraction of sp³-hybridized carbons (Fsp3) is 0.714. The van der Waals surface area contributed by atoms with Gasteiger partial charge in [-0.05, 0) is 90.0 Å². The van der Waals surface area contributed by atoms with Gasteiger partial charge in [-0.3, -0.25) is 4.79 Å². The highest BCUT2D eigenvalue weighted by Gasteiger charge is 2.33. The molecule has 0 aromatic heterocycles. The van der Waals surface area contributed by atoms with Crippen LogP contribution in [0.3, 0.4) is 0 Å². The molecule has 1 heterocycles. The fourth-order valence-electron chi connectivity index (χ4n) is 4.57. The second-order valence-corrected chi connectivity index (χ2v) is 10.7. The van der Waals surface area contributed by atoms with E-state index in [1.165, 1.54) is 32.5 Å². The Bertz CT molecular complexity index is 740. The zero-order valence-electron chi connectivity index (χ0n) is 22.6. The first kappa shape index (κ1) is 30.9. The normalized spacial score (nSPS) is 26.8. The molecule has 2 fully saturated rings. The van der Waals surface area contributed by atoms with Gasteiger partial charge in [-0.15, -0.1) is 0 Å². The average molecular weight is 495 g/mol. The van der Waals surface area contributed by atoms with Crippen molar-refractivity contribution < 1.29 is 26.0 Å². The number of hydrogen-bond donors (Lipinski definition) is 3. The molecule has 0 aromatic rings. The summed E-state index contributed by atoms with van der Waals surface area (Å²) in [5.74, 6) is 1.08. The third-order valence-corrected chi connectivity index (χ3v) is 6.50. The lowest BCUT2D eigenvalue weighted by molar-refractivity contribution is -0.117. The lowest BCUT2D eigenvalue weighted by Crippen LogP contribution is -2.39. The predicted octanol–water partition coefficient (Wildman–Crippen LogP) is 5.56. The van der Waals surface area contributed by atoms with Crippen LogP contribution in [-0.2, 0) is 9.53 Å².